The van der Waals surface area contributed by atoms with E-state index < -0.39 is 30.0 Å². The first-order valence-corrected chi connectivity index (χ1v) is 9.19. The third-order valence-electron chi connectivity index (χ3n) is 4.22. The highest BCUT2D eigenvalue weighted by Crippen LogP contribution is 2.53. The summed E-state index contributed by atoms with van der Waals surface area (Å²) in [7, 11) is 0. The number of hydrogen-bond donors (Lipinski definition) is 0. The van der Waals surface area contributed by atoms with Crippen molar-refractivity contribution in [3.8, 4) is 0 Å². The van der Waals surface area contributed by atoms with Crippen LogP contribution in [0.25, 0.3) is 0 Å². The quantitative estimate of drug-likeness (QED) is 0.152. The fourth-order valence-corrected chi connectivity index (χ4v) is 2.47. The van der Waals surface area contributed by atoms with Crippen molar-refractivity contribution in [2.45, 2.75) is 101 Å². The Morgan fingerprint density at radius 1 is 0.556 bits per heavy atom. The molecule has 162 valence electrons. The summed E-state index contributed by atoms with van der Waals surface area (Å²) in [5.74, 6) is -19.0. The molecular formula is C18H27F9. The van der Waals surface area contributed by atoms with Crippen molar-refractivity contribution in [3.63, 3.8) is 0 Å². The predicted molar refractivity (Wildman–Crippen MR) is 86.5 cm³/mol. The molecule has 0 amide bonds. The molecule has 0 heterocycles. The number of unbranched alkanes of at least 4 members (excludes halogenated alkanes) is 10. The number of alkyl halides is 9. The molecule has 0 aliphatic carbocycles. The smallest absolute Gasteiger partial charge is 0.195 e. The zero-order chi connectivity index (χ0) is 21.2. The van der Waals surface area contributed by atoms with Crippen LogP contribution in [0.2, 0.25) is 0 Å². The highest BCUT2D eigenvalue weighted by atomic mass is 19.4. The molecule has 0 nitrogen and oxygen atoms in total. The van der Waals surface area contributed by atoms with Gasteiger partial charge in [-0.2, -0.15) is 39.5 Å². The lowest BCUT2D eigenvalue weighted by atomic mass is 10.0. The molecule has 0 saturated carbocycles. The van der Waals surface area contributed by atoms with Crippen molar-refractivity contribution < 1.29 is 39.5 Å². The summed E-state index contributed by atoms with van der Waals surface area (Å²) >= 11 is 0. The van der Waals surface area contributed by atoms with Crippen LogP contribution in [0.3, 0.4) is 0 Å². The molecule has 0 bridgehead atoms. The van der Waals surface area contributed by atoms with Crippen molar-refractivity contribution in [2.75, 3.05) is 0 Å². The Balaban J connectivity index is 4.20. The first-order chi connectivity index (χ1) is 12.3. The molecule has 27 heavy (non-hydrogen) atoms. The Bertz CT molecular complexity index is 425. The molecule has 0 spiro atoms. The molecule has 9 heteroatoms. The first kappa shape index (κ1) is 26.1. The maximum Gasteiger partial charge on any atom is 0.460 e. The third-order valence-corrected chi connectivity index (χ3v) is 4.22. The maximum atomic E-state index is 13.2. The number of rotatable bonds is 14. The van der Waals surface area contributed by atoms with Gasteiger partial charge < -0.3 is 0 Å². The summed E-state index contributed by atoms with van der Waals surface area (Å²) in [6.07, 6.45) is 2.72. The predicted octanol–water partition coefficient (Wildman–Crippen LogP) is 8.32. The molecule has 0 atom stereocenters. The van der Waals surface area contributed by atoms with Gasteiger partial charge in [0.05, 0.1) is 0 Å². The van der Waals surface area contributed by atoms with E-state index in [4.69, 9.17) is 0 Å². The molecule has 0 unspecified atom stereocenters. The Morgan fingerprint density at radius 2 is 0.963 bits per heavy atom. The van der Waals surface area contributed by atoms with E-state index in [-0.39, 0.29) is 6.42 Å². The van der Waals surface area contributed by atoms with Crippen LogP contribution in [-0.4, -0.2) is 23.9 Å². The summed E-state index contributed by atoms with van der Waals surface area (Å²) < 4.78 is 114. The van der Waals surface area contributed by atoms with Gasteiger partial charge in [0.1, 0.15) is 0 Å². The SMILES string of the molecule is CCCCCCCCCCCCC=CC(F)(F)C(F)(F)C(F)(F)C(F)(F)F. The van der Waals surface area contributed by atoms with Gasteiger partial charge in [-0.15, -0.1) is 0 Å². The van der Waals surface area contributed by atoms with Crippen LogP contribution in [0.4, 0.5) is 39.5 Å². The zero-order valence-electron chi connectivity index (χ0n) is 15.3. The fourth-order valence-electron chi connectivity index (χ4n) is 2.47. The van der Waals surface area contributed by atoms with Gasteiger partial charge >= 0.3 is 23.9 Å². The topological polar surface area (TPSA) is 0 Å². The van der Waals surface area contributed by atoms with E-state index in [1.807, 2.05) is 0 Å². The minimum absolute atomic E-state index is 0.0975. The molecule has 0 rings (SSSR count). The second kappa shape index (κ2) is 11.2. The Hall–Kier alpha value is -0.890. The van der Waals surface area contributed by atoms with Crippen LogP contribution in [0.15, 0.2) is 12.2 Å². The highest BCUT2D eigenvalue weighted by Gasteiger charge is 2.81. The van der Waals surface area contributed by atoms with Crippen LogP contribution < -0.4 is 0 Å². The van der Waals surface area contributed by atoms with Gasteiger partial charge in [0, 0.05) is 0 Å². The molecule has 0 N–H and O–H groups in total. The summed E-state index contributed by atoms with van der Waals surface area (Å²) in [5, 5.41) is 0. The van der Waals surface area contributed by atoms with E-state index in [1.54, 1.807) is 0 Å². The van der Waals surface area contributed by atoms with E-state index >= 15 is 0 Å². The minimum Gasteiger partial charge on any atom is -0.195 e. The zero-order valence-corrected chi connectivity index (χ0v) is 15.3. The highest BCUT2D eigenvalue weighted by molar-refractivity contribution is 5.10. The van der Waals surface area contributed by atoms with Gasteiger partial charge in [-0.3, -0.25) is 0 Å². The van der Waals surface area contributed by atoms with Gasteiger partial charge in [-0.1, -0.05) is 70.8 Å². The number of hydrogen-bond acceptors (Lipinski definition) is 0. The molecule has 0 fully saturated rings. The molecule has 0 aliphatic heterocycles. The van der Waals surface area contributed by atoms with Crippen molar-refractivity contribution in [2.24, 2.45) is 0 Å². The van der Waals surface area contributed by atoms with E-state index in [0.717, 1.165) is 38.5 Å². The van der Waals surface area contributed by atoms with Crippen molar-refractivity contribution in [1.82, 2.24) is 0 Å². The number of allylic oxidation sites excluding steroid dienone is 2. The van der Waals surface area contributed by atoms with E-state index in [1.165, 1.54) is 12.8 Å². The van der Waals surface area contributed by atoms with Gasteiger partial charge in [0.2, 0.25) is 0 Å². The molecular weight excluding hydrogens is 387 g/mol. The Morgan fingerprint density at radius 3 is 1.37 bits per heavy atom. The van der Waals surface area contributed by atoms with Crippen LogP contribution >= 0.6 is 0 Å². The van der Waals surface area contributed by atoms with Gasteiger partial charge in [0.15, 0.2) is 0 Å². The standard InChI is InChI=1S/C18H27F9/c1-2-3-4-5-6-7-8-9-10-11-12-13-14-15(19,20)16(21,22)17(23,24)18(25,26)27/h13-14H,2-12H2,1H3. The van der Waals surface area contributed by atoms with Crippen molar-refractivity contribution in [1.29, 1.82) is 0 Å². The van der Waals surface area contributed by atoms with Crippen molar-refractivity contribution >= 4 is 0 Å². The lowest BCUT2D eigenvalue weighted by Crippen LogP contribution is -2.60. The summed E-state index contributed by atoms with van der Waals surface area (Å²) in [6.45, 7) is 2.12. The fraction of sp³-hybridized carbons (Fsp3) is 0.889. The summed E-state index contributed by atoms with van der Waals surface area (Å²) in [6, 6.07) is 0. The largest absolute Gasteiger partial charge is 0.460 e. The van der Waals surface area contributed by atoms with Gasteiger partial charge in [0.25, 0.3) is 0 Å². The second-order valence-corrected chi connectivity index (χ2v) is 6.64. The second-order valence-electron chi connectivity index (χ2n) is 6.64. The van der Waals surface area contributed by atoms with Crippen LogP contribution in [0, 0.1) is 0 Å². The summed E-state index contributed by atoms with van der Waals surface area (Å²) in [5.41, 5.74) is 0. The third kappa shape index (κ3) is 7.94. The molecule has 0 radical (unpaired) electrons. The molecule has 0 aromatic heterocycles. The molecule has 0 aromatic carbocycles. The van der Waals surface area contributed by atoms with Crippen LogP contribution in [0.1, 0.15) is 77.6 Å². The average molecular weight is 414 g/mol. The first-order valence-electron chi connectivity index (χ1n) is 9.19. The van der Waals surface area contributed by atoms with Gasteiger partial charge in [-0.25, -0.2) is 0 Å². The lowest BCUT2D eigenvalue weighted by Gasteiger charge is -2.32. The lowest BCUT2D eigenvalue weighted by molar-refractivity contribution is -0.388. The van der Waals surface area contributed by atoms with Crippen LogP contribution in [-0.2, 0) is 0 Å². The van der Waals surface area contributed by atoms with Crippen molar-refractivity contribution in [3.05, 3.63) is 12.2 Å². The maximum absolute atomic E-state index is 13.2. The number of halogens is 9. The average Bonchev–Trinajstić information content (AvgIpc) is 2.54. The van der Waals surface area contributed by atoms with Gasteiger partial charge in [-0.05, 0) is 18.9 Å². The monoisotopic (exact) mass is 414 g/mol. The molecule has 0 aromatic rings. The van der Waals surface area contributed by atoms with E-state index in [0.29, 0.717) is 18.9 Å². The Kier molecular flexibility index (Phi) is 10.8. The summed E-state index contributed by atoms with van der Waals surface area (Å²) in [4.78, 5) is 0. The van der Waals surface area contributed by atoms with Crippen LogP contribution in [0.5, 0.6) is 0 Å². The van der Waals surface area contributed by atoms with E-state index in [9.17, 15) is 39.5 Å². The Labute approximate surface area is 154 Å². The minimum atomic E-state index is -6.83. The molecule has 0 saturated heterocycles. The van der Waals surface area contributed by atoms with E-state index in [2.05, 4.69) is 6.92 Å². The normalized spacial score (nSPS) is 14.3. The molecule has 0 aliphatic rings.